The molecule has 40 heavy (non-hydrogen) atoms. The molecular formula is C36H50S4. The predicted octanol–water partition coefficient (Wildman–Crippen LogP) is 13.6. The molecule has 4 aromatic rings. The zero-order chi connectivity index (χ0) is 27.8. The molecule has 0 aliphatic rings. The van der Waals surface area contributed by atoms with Crippen LogP contribution in [0.3, 0.4) is 0 Å². The lowest BCUT2D eigenvalue weighted by molar-refractivity contribution is 0.608. The Balaban J connectivity index is 1.17. The maximum atomic E-state index is 2.39. The van der Waals surface area contributed by atoms with Gasteiger partial charge in [0.2, 0.25) is 0 Å². The molecule has 0 aliphatic carbocycles. The molecule has 0 saturated carbocycles. The minimum absolute atomic E-state index is 1.22. The molecule has 0 N–H and O–H groups in total. The first-order valence-electron chi connectivity index (χ1n) is 16.1. The van der Waals surface area contributed by atoms with Crippen LogP contribution in [0.4, 0.5) is 0 Å². The van der Waals surface area contributed by atoms with E-state index in [1.54, 1.807) is 20.9 Å². The molecule has 0 nitrogen and oxygen atoms in total. The van der Waals surface area contributed by atoms with Gasteiger partial charge >= 0.3 is 0 Å². The summed E-state index contributed by atoms with van der Waals surface area (Å²) in [4.78, 5) is 9.14. The van der Waals surface area contributed by atoms with Gasteiger partial charge in [0.05, 0.1) is 0 Å². The van der Waals surface area contributed by atoms with Crippen molar-refractivity contribution in [1.29, 1.82) is 0 Å². The van der Waals surface area contributed by atoms with Gasteiger partial charge < -0.3 is 0 Å². The summed E-state index contributed by atoms with van der Waals surface area (Å²) in [5.74, 6) is 0. The minimum atomic E-state index is 1.22. The fourth-order valence-corrected chi connectivity index (χ4v) is 9.89. The normalized spacial score (nSPS) is 11.6. The first-order chi connectivity index (χ1) is 19.8. The summed E-state index contributed by atoms with van der Waals surface area (Å²) in [5, 5.41) is 4.59. The van der Waals surface area contributed by atoms with Crippen molar-refractivity contribution in [3.05, 3.63) is 68.0 Å². The van der Waals surface area contributed by atoms with Gasteiger partial charge in [0, 0.05) is 29.3 Å². The summed E-state index contributed by atoms with van der Waals surface area (Å²) in [5.41, 5.74) is 3.14. The number of unbranched alkanes of at least 4 members (excludes halogenated alkanes) is 11. The van der Waals surface area contributed by atoms with Gasteiger partial charge in [-0.15, -0.1) is 45.3 Å². The van der Waals surface area contributed by atoms with E-state index in [1.807, 2.05) is 45.3 Å². The fourth-order valence-electron chi connectivity index (χ4n) is 5.56. The van der Waals surface area contributed by atoms with E-state index in [0.29, 0.717) is 0 Å². The quantitative estimate of drug-likeness (QED) is 0.0823. The number of aryl methyl sites for hydroxylation is 4. The third kappa shape index (κ3) is 10.3. The average Bonchev–Trinajstić information content (AvgIpc) is 3.77. The second-order valence-corrected chi connectivity index (χ2v) is 15.5. The van der Waals surface area contributed by atoms with Crippen LogP contribution in [0, 0.1) is 0 Å². The molecule has 218 valence electrons. The smallest absolute Gasteiger partial charge is 0.0474 e. The van der Waals surface area contributed by atoms with Gasteiger partial charge in [-0.2, -0.15) is 0 Å². The summed E-state index contributed by atoms with van der Waals surface area (Å²) in [6.07, 6.45) is 24.0. The van der Waals surface area contributed by atoms with Crippen molar-refractivity contribution in [2.45, 2.75) is 129 Å². The van der Waals surface area contributed by atoms with Crippen molar-refractivity contribution in [3.63, 3.8) is 0 Å². The molecule has 0 bridgehead atoms. The summed E-state index contributed by atoms with van der Waals surface area (Å²) in [6.45, 7) is 4.59. The zero-order valence-electron chi connectivity index (χ0n) is 25.0. The monoisotopic (exact) mass is 610 g/mol. The van der Waals surface area contributed by atoms with E-state index in [2.05, 4.69) is 61.0 Å². The molecule has 0 radical (unpaired) electrons. The van der Waals surface area contributed by atoms with E-state index in [4.69, 9.17) is 0 Å². The van der Waals surface area contributed by atoms with Crippen molar-refractivity contribution < 1.29 is 0 Å². The van der Waals surface area contributed by atoms with Crippen molar-refractivity contribution in [2.75, 3.05) is 0 Å². The number of hydrogen-bond acceptors (Lipinski definition) is 4. The highest BCUT2D eigenvalue weighted by molar-refractivity contribution is 7.22. The van der Waals surface area contributed by atoms with Crippen LogP contribution in [0.25, 0.3) is 19.5 Å². The SMILES string of the molecule is CCCCCCCCc1ccsc1-c1ccc(CCCCc2ccc(-c3sccc3CCCCCCCC)s2)s1. The van der Waals surface area contributed by atoms with Gasteiger partial charge in [-0.1, -0.05) is 78.1 Å². The molecule has 0 saturated heterocycles. The van der Waals surface area contributed by atoms with Gasteiger partial charge in [0.25, 0.3) is 0 Å². The molecule has 0 spiro atoms. The molecule has 4 aromatic heterocycles. The Morgan fingerprint density at radius 3 is 1.27 bits per heavy atom. The first kappa shape index (κ1) is 31.7. The molecule has 0 amide bonds. The Hall–Kier alpha value is -1.20. The maximum absolute atomic E-state index is 2.39. The third-order valence-corrected chi connectivity index (χ3v) is 12.5. The van der Waals surface area contributed by atoms with E-state index in [9.17, 15) is 0 Å². The van der Waals surface area contributed by atoms with Crippen LogP contribution in [-0.4, -0.2) is 0 Å². The van der Waals surface area contributed by atoms with E-state index in [1.165, 1.54) is 135 Å². The molecule has 0 aromatic carbocycles. The Morgan fingerprint density at radius 1 is 0.425 bits per heavy atom. The van der Waals surface area contributed by atoms with Crippen LogP contribution in [0.1, 0.15) is 125 Å². The highest BCUT2D eigenvalue weighted by atomic mass is 32.1. The van der Waals surface area contributed by atoms with Gasteiger partial charge in [0.15, 0.2) is 0 Å². The maximum Gasteiger partial charge on any atom is 0.0474 e. The van der Waals surface area contributed by atoms with Gasteiger partial charge in [-0.3, -0.25) is 0 Å². The Bertz CT molecular complexity index is 1110. The summed E-state index contributed by atoms with van der Waals surface area (Å²) in [7, 11) is 0. The Kier molecular flexibility index (Phi) is 14.6. The lowest BCUT2D eigenvalue weighted by atomic mass is 10.1. The summed E-state index contributed by atoms with van der Waals surface area (Å²) in [6, 6.07) is 14.3. The first-order valence-corrected chi connectivity index (χ1v) is 19.5. The van der Waals surface area contributed by atoms with Crippen LogP contribution in [0.15, 0.2) is 47.2 Å². The van der Waals surface area contributed by atoms with Crippen LogP contribution in [-0.2, 0) is 25.7 Å². The second kappa shape index (κ2) is 18.4. The van der Waals surface area contributed by atoms with Gasteiger partial charge in [-0.25, -0.2) is 0 Å². The average molecular weight is 611 g/mol. The zero-order valence-corrected chi connectivity index (χ0v) is 28.2. The third-order valence-electron chi connectivity index (χ3n) is 7.96. The van der Waals surface area contributed by atoms with Crippen LogP contribution < -0.4 is 0 Å². The minimum Gasteiger partial charge on any atom is -0.143 e. The molecular weight excluding hydrogens is 561 g/mol. The topological polar surface area (TPSA) is 0 Å². The van der Waals surface area contributed by atoms with Crippen LogP contribution in [0.5, 0.6) is 0 Å². The highest BCUT2D eigenvalue weighted by Crippen LogP contribution is 2.38. The molecule has 0 aliphatic heterocycles. The fraction of sp³-hybridized carbons (Fsp3) is 0.556. The van der Waals surface area contributed by atoms with Crippen LogP contribution in [0.2, 0.25) is 0 Å². The molecule has 0 fully saturated rings. The van der Waals surface area contributed by atoms with Crippen molar-refractivity contribution in [1.82, 2.24) is 0 Å². The molecule has 4 heteroatoms. The van der Waals surface area contributed by atoms with Crippen molar-refractivity contribution >= 4 is 45.3 Å². The summed E-state index contributed by atoms with van der Waals surface area (Å²) < 4.78 is 0. The van der Waals surface area contributed by atoms with E-state index >= 15 is 0 Å². The lowest BCUT2D eigenvalue weighted by Crippen LogP contribution is -1.86. The van der Waals surface area contributed by atoms with Gasteiger partial charge in [-0.05, 0) is 110 Å². The number of rotatable bonds is 21. The summed E-state index contributed by atoms with van der Waals surface area (Å²) >= 11 is 7.93. The molecule has 0 unspecified atom stereocenters. The van der Waals surface area contributed by atoms with Gasteiger partial charge in [0.1, 0.15) is 0 Å². The largest absolute Gasteiger partial charge is 0.143 e. The van der Waals surface area contributed by atoms with Crippen molar-refractivity contribution in [2.24, 2.45) is 0 Å². The van der Waals surface area contributed by atoms with Crippen LogP contribution >= 0.6 is 45.3 Å². The highest BCUT2D eigenvalue weighted by Gasteiger charge is 2.12. The Labute approximate surface area is 260 Å². The second-order valence-electron chi connectivity index (χ2n) is 11.3. The number of thiophene rings is 4. The van der Waals surface area contributed by atoms with Crippen molar-refractivity contribution in [3.8, 4) is 19.5 Å². The molecule has 4 rings (SSSR count). The number of hydrogen-bond donors (Lipinski definition) is 0. The molecule has 0 atom stereocenters. The molecule has 4 heterocycles. The lowest BCUT2D eigenvalue weighted by Gasteiger charge is -2.03. The van der Waals surface area contributed by atoms with E-state index in [-0.39, 0.29) is 0 Å². The van der Waals surface area contributed by atoms with E-state index in [0.717, 1.165) is 0 Å². The predicted molar refractivity (Wildman–Crippen MR) is 186 cm³/mol. The standard InChI is InChI=1S/C36H50S4/c1-3-5-7-9-11-13-17-29-25-27-37-35(29)33-23-21-31(39-33)19-15-16-20-32-22-24-34(40-32)36-30(26-28-38-36)18-14-12-10-8-6-4-2/h21-28H,3-20H2,1-2H3. The Morgan fingerprint density at radius 2 is 0.825 bits per heavy atom. The van der Waals surface area contributed by atoms with E-state index < -0.39 is 0 Å².